The summed E-state index contributed by atoms with van der Waals surface area (Å²) < 4.78 is 0. The normalized spacial score (nSPS) is 5.40. The standard InChI is InChI=1S/3ClH.In.H2O/h3*1H;;1H2/q;;;+3;/p-3. The molecule has 0 spiro atoms. The molecule has 0 bridgehead atoms. The van der Waals surface area contributed by atoms with Crippen LogP contribution in [-0.2, 0) is 0 Å². The molecule has 0 fully saturated rings. The summed E-state index contributed by atoms with van der Waals surface area (Å²) in [6.07, 6.45) is 0. The summed E-state index contributed by atoms with van der Waals surface area (Å²) in [6.45, 7) is 0. The van der Waals surface area contributed by atoms with Gasteiger partial charge in [-0.1, -0.05) is 0 Å². The van der Waals surface area contributed by atoms with Gasteiger partial charge in [-0.25, -0.2) is 0 Å². The molecule has 5 heteroatoms. The fourth-order valence-corrected chi connectivity index (χ4v) is 0. The molecule has 0 radical (unpaired) electrons. The van der Waals surface area contributed by atoms with Crippen LogP contribution >= 0.6 is 25.7 Å². The third-order valence-corrected chi connectivity index (χ3v) is 0. The summed E-state index contributed by atoms with van der Waals surface area (Å²) in [6, 6.07) is 0. The molecule has 0 atom stereocenters. The van der Waals surface area contributed by atoms with E-state index in [1.807, 2.05) is 0 Å². The van der Waals surface area contributed by atoms with Gasteiger partial charge in [0.05, 0.1) is 0 Å². The zero-order valence-electron chi connectivity index (χ0n) is 2.21. The van der Waals surface area contributed by atoms with E-state index in [-0.39, 0.29) is 5.48 Å². The summed E-state index contributed by atoms with van der Waals surface area (Å²) in [7, 11) is 15.0. The van der Waals surface area contributed by atoms with E-state index < -0.39 is 17.9 Å². The monoisotopic (exact) mass is 238 g/mol. The number of hydrogen-bond acceptors (Lipinski definition) is 0. The third kappa shape index (κ3) is 27.0. The second kappa shape index (κ2) is 5.70. The number of rotatable bonds is 0. The Balaban J connectivity index is 0. The van der Waals surface area contributed by atoms with E-state index in [9.17, 15) is 0 Å². The van der Waals surface area contributed by atoms with Crippen LogP contribution < -0.4 is 0 Å². The van der Waals surface area contributed by atoms with Crippen LogP contribution in [0.1, 0.15) is 0 Å². The van der Waals surface area contributed by atoms with E-state index in [1.165, 1.54) is 0 Å². The molecule has 0 saturated carbocycles. The molecule has 5 heavy (non-hydrogen) atoms. The average Bonchev–Trinajstić information content (AvgIpc) is 0.811. The summed E-state index contributed by atoms with van der Waals surface area (Å²) >= 11 is -2.22. The molecule has 0 aromatic carbocycles. The first kappa shape index (κ1) is 9.85. The molecule has 0 aliphatic rings. The fourth-order valence-electron chi connectivity index (χ4n) is 0. The van der Waals surface area contributed by atoms with E-state index in [0.29, 0.717) is 0 Å². The van der Waals surface area contributed by atoms with Gasteiger partial charge < -0.3 is 5.48 Å². The molecular formula is H2Cl3InO. The third-order valence-electron chi connectivity index (χ3n) is 0. The number of halogens is 3. The van der Waals surface area contributed by atoms with Gasteiger partial charge in [0.25, 0.3) is 0 Å². The molecule has 0 rings (SSSR count). The Hall–Kier alpha value is 1.70. The van der Waals surface area contributed by atoms with Crippen LogP contribution in [0.4, 0.5) is 0 Å². The Labute approximate surface area is 48.8 Å². The molecular weight excluding hydrogens is 237 g/mol. The maximum absolute atomic E-state index is 5.02. The Bertz CT molecular complexity index is 11.6. The van der Waals surface area contributed by atoms with Gasteiger partial charge in [0.2, 0.25) is 0 Å². The van der Waals surface area contributed by atoms with Crippen molar-refractivity contribution in [3.63, 3.8) is 0 Å². The van der Waals surface area contributed by atoms with Crippen LogP contribution in [0.3, 0.4) is 0 Å². The average molecular weight is 239 g/mol. The van der Waals surface area contributed by atoms with E-state index in [0.717, 1.165) is 0 Å². The van der Waals surface area contributed by atoms with Gasteiger partial charge in [-0.05, 0) is 0 Å². The number of hydrogen-bond donors (Lipinski definition) is 0. The topological polar surface area (TPSA) is 31.5 Å². The van der Waals surface area contributed by atoms with Crippen molar-refractivity contribution in [2.45, 2.75) is 0 Å². The molecule has 0 aromatic heterocycles. The predicted molar refractivity (Wildman–Crippen MR) is 26.9 cm³/mol. The summed E-state index contributed by atoms with van der Waals surface area (Å²) in [4.78, 5) is 0. The Kier molecular flexibility index (Phi) is 11.2. The van der Waals surface area contributed by atoms with Crippen LogP contribution in [0, 0.1) is 0 Å². The SMILES string of the molecule is O.[Cl][In]([Cl])[Cl]. The molecule has 0 aliphatic heterocycles. The van der Waals surface area contributed by atoms with E-state index >= 15 is 0 Å². The van der Waals surface area contributed by atoms with Crippen molar-refractivity contribution in [3.8, 4) is 0 Å². The molecule has 32 valence electrons. The molecule has 0 amide bonds. The van der Waals surface area contributed by atoms with E-state index in [1.54, 1.807) is 0 Å². The molecule has 0 heterocycles. The molecule has 0 saturated heterocycles. The second-order valence-electron chi connectivity index (χ2n) is 0.247. The molecule has 0 unspecified atom stereocenters. The van der Waals surface area contributed by atoms with Crippen LogP contribution in [0.2, 0.25) is 0 Å². The summed E-state index contributed by atoms with van der Waals surface area (Å²) in [5, 5.41) is 0. The molecule has 0 aromatic rings. The van der Waals surface area contributed by atoms with Crippen LogP contribution in [0.15, 0.2) is 0 Å². The Morgan fingerprint density at radius 1 is 1.00 bits per heavy atom. The van der Waals surface area contributed by atoms with E-state index in [2.05, 4.69) is 0 Å². The summed E-state index contributed by atoms with van der Waals surface area (Å²) in [5.41, 5.74) is 0. The summed E-state index contributed by atoms with van der Waals surface area (Å²) in [5.74, 6) is 0. The quantitative estimate of drug-likeness (QED) is 0.600. The van der Waals surface area contributed by atoms with Crippen molar-refractivity contribution in [1.82, 2.24) is 0 Å². The van der Waals surface area contributed by atoms with E-state index in [4.69, 9.17) is 25.7 Å². The van der Waals surface area contributed by atoms with Crippen LogP contribution in [-0.4, -0.2) is 23.4 Å². The van der Waals surface area contributed by atoms with Crippen molar-refractivity contribution in [2.24, 2.45) is 0 Å². The zero-order chi connectivity index (χ0) is 3.58. The van der Waals surface area contributed by atoms with Gasteiger partial charge in [0, 0.05) is 0 Å². The van der Waals surface area contributed by atoms with Crippen molar-refractivity contribution in [3.05, 3.63) is 0 Å². The van der Waals surface area contributed by atoms with Gasteiger partial charge in [0.15, 0.2) is 0 Å². The van der Waals surface area contributed by atoms with Gasteiger partial charge in [-0.2, -0.15) is 0 Å². The minimum absolute atomic E-state index is 0. The maximum atomic E-state index is 5.02. The van der Waals surface area contributed by atoms with Gasteiger partial charge >= 0.3 is 43.6 Å². The van der Waals surface area contributed by atoms with Crippen molar-refractivity contribution < 1.29 is 5.48 Å². The first-order valence-corrected chi connectivity index (χ1v) is 13.2. The van der Waals surface area contributed by atoms with Crippen LogP contribution in [0.25, 0.3) is 0 Å². The Morgan fingerprint density at radius 3 is 1.00 bits per heavy atom. The predicted octanol–water partition coefficient (Wildman–Crippen LogP) is 0.863. The molecule has 1 nitrogen and oxygen atoms in total. The molecule has 2 N–H and O–H groups in total. The van der Waals surface area contributed by atoms with Crippen molar-refractivity contribution in [1.29, 1.82) is 0 Å². The molecule has 0 aliphatic carbocycles. The Morgan fingerprint density at radius 2 is 1.00 bits per heavy atom. The van der Waals surface area contributed by atoms with Gasteiger partial charge in [-0.3, -0.25) is 0 Å². The van der Waals surface area contributed by atoms with Crippen LogP contribution in [0.5, 0.6) is 0 Å². The van der Waals surface area contributed by atoms with Crippen molar-refractivity contribution in [2.75, 3.05) is 0 Å². The van der Waals surface area contributed by atoms with Gasteiger partial charge in [0.1, 0.15) is 0 Å². The first-order valence-electron chi connectivity index (χ1n) is 0.655. The minimum atomic E-state index is -2.22. The van der Waals surface area contributed by atoms with Crippen molar-refractivity contribution >= 4 is 43.6 Å². The van der Waals surface area contributed by atoms with Gasteiger partial charge in [-0.15, -0.1) is 0 Å². The fraction of sp³-hybridized carbons (Fsp3) is 0. The zero-order valence-corrected chi connectivity index (χ0v) is 7.77. The second-order valence-corrected chi connectivity index (χ2v) is 14.9. The first-order chi connectivity index (χ1) is 1.73.